The van der Waals surface area contributed by atoms with Gasteiger partial charge in [-0.05, 0) is 45.0 Å². The number of nitrogens with zero attached hydrogens (tertiary/aromatic N) is 1. The van der Waals surface area contributed by atoms with E-state index in [1.807, 2.05) is 0 Å². The molecule has 0 spiro atoms. The Morgan fingerprint density at radius 3 is 2.65 bits per heavy atom. The summed E-state index contributed by atoms with van der Waals surface area (Å²) >= 11 is 11.6. The molecule has 1 rings (SSSR count). The van der Waals surface area contributed by atoms with Gasteiger partial charge < -0.3 is 0 Å². The van der Waals surface area contributed by atoms with Gasteiger partial charge in [0.15, 0.2) is 0 Å². The van der Waals surface area contributed by atoms with Gasteiger partial charge in [-0.1, -0.05) is 11.6 Å². The predicted octanol–water partition coefficient (Wildman–Crippen LogP) is 4.32. The van der Waals surface area contributed by atoms with Crippen LogP contribution in [0.2, 0.25) is 5.02 Å². The zero-order chi connectivity index (χ0) is 12.8. The van der Waals surface area contributed by atoms with E-state index in [4.69, 9.17) is 23.2 Å². The summed E-state index contributed by atoms with van der Waals surface area (Å²) in [4.78, 5) is 2.19. The maximum Gasteiger partial charge on any atom is 0.127 e. The number of hydrogen-bond donors (Lipinski definition) is 0. The van der Waals surface area contributed by atoms with E-state index in [9.17, 15) is 4.39 Å². The minimum absolute atomic E-state index is 0.203. The molecule has 0 aromatic heterocycles. The minimum atomic E-state index is -0.203. The van der Waals surface area contributed by atoms with E-state index in [0.717, 1.165) is 13.0 Å². The highest BCUT2D eigenvalue weighted by Gasteiger charge is 2.12. The summed E-state index contributed by atoms with van der Waals surface area (Å²) in [5.41, 5.74) is 0.640. The fourth-order valence-corrected chi connectivity index (χ4v) is 1.98. The van der Waals surface area contributed by atoms with Crippen molar-refractivity contribution in [1.82, 2.24) is 4.90 Å². The molecule has 0 aliphatic heterocycles. The minimum Gasteiger partial charge on any atom is -0.297 e. The van der Waals surface area contributed by atoms with Crippen molar-refractivity contribution in [2.24, 2.45) is 0 Å². The highest BCUT2D eigenvalue weighted by molar-refractivity contribution is 6.30. The molecule has 4 heteroatoms. The van der Waals surface area contributed by atoms with Crippen LogP contribution in [0.5, 0.6) is 0 Å². The lowest BCUT2D eigenvalue weighted by molar-refractivity contribution is 0.211. The SMILES string of the molecule is CC(C)N(CCCCl)Cc1cc(Cl)ccc1F. The van der Waals surface area contributed by atoms with Crippen molar-refractivity contribution in [2.45, 2.75) is 32.9 Å². The average Bonchev–Trinajstić information content (AvgIpc) is 2.28. The molecule has 1 aromatic rings. The molecule has 0 aliphatic rings. The van der Waals surface area contributed by atoms with Gasteiger partial charge in [0, 0.05) is 29.1 Å². The molecule has 17 heavy (non-hydrogen) atoms. The van der Waals surface area contributed by atoms with Gasteiger partial charge in [-0.25, -0.2) is 4.39 Å². The molecule has 1 nitrogen and oxygen atoms in total. The van der Waals surface area contributed by atoms with Crippen molar-refractivity contribution in [2.75, 3.05) is 12.4 Å². The third-order valence-electron chi connectivity index (χ3n) is 2.69. The van der Waals surface area contributed by atoms with Crippen molar-refractivity contribution in [3.63, 3.8) is 0 Å². The third-order valence-corrected chi connectivity index (χ3v) is 3.19. The van der Waals surface area contributed by atoms with E-state index in [1.165, 1.54) is 6.07 Å². The molecule has 1 aromatic carbocycles. The first-order valence-electron chi connectivity index (χ1n) is 5.78. The van der Waals surface area contributed by atoms with Gasteiger partial charge in [-0.3, -0.25) is 4.90 Å². The number of hydrogen-bond acceptors (Lipinski definition) is 1. The van der Waals surface area contributed by atoms with Crippen molar-refractivity contribution in [1.29, 1.82) is 0 Å². The van der Waals surface area contributed by atoms with E-state index < -0.39 is 0 Å². The Labute approximate surface area is 113 Å². The number of halogens is 3. The fraction of sp³-hybridized carbons (Fsp3) is 0.538. The van der Waals surface area contributed by atoms with Crippen molar-refractivity contribution < 1.29 is 4.39 Å². The standard InChI is InChI=1S/C13H18Cl2FN/c1-10(2)17(7-3-6-14)9-11-8-12(15)4-5-13(11)16/h4-5,8,10H,3,6-7,9H2,1-2H3. The van der Waals surface area contributed by atoms with Crippen LogP contribution in [-0.2, 0) is 6.54 Å². The molecule has 0 radical (unpaired) electrons. The van der Waals surface area contributed by atoms with Gasteiger partial charge in [0.2, 0.25) is 0 Å². The average molecular weight is 278 g/mol. The van der Waals surface area contributed by atoms with Crippen molar-refractivity contribution >= 4 is 23.2 Å². The highest BCUT2D eigenvalue weighted by atomic mass is 35.5. The molecule has 0 N–H and O–H groups in total. The first-order valence-corrected chi connectivity index (χ1v) is 6.69. The summed E-state index contributed by atoms with van der Waals surface area (Å²) in [6.07, 6.45) is 0.905. The van der Waals surface area contributed by atoms with Gasteiger partial charge in [0.1, 0.15) is 5.82 Å². The molecular weight excluding hydrogens is 260 g/mol. The molecule has 0 fully saturated rings. The van der Waals surface area contributed by atoms with Gasteiger partial charge in [0.25, 0.3) is 0 Å². The third kappa shape index (κ3) is 4.82. The van der Waals surface area contributed by atoms with Gasteiger partial charge in [-0.2, -0.15) is 0 Å². The number of rotatable bonds is 6. The van der Waals surface area contributed by atoms with Crippen LogP contribution in [-0.4, -0.2) is 23.4 Å². The molecule has 0 atom stereocenters. The maximum atomic E-state index is 13.6. The first-order chi connectivity index (χ1) is 8.04. The zero-order valence-electron chi connectivity index (χ0n) is 10.2. The Morgan fingerprint density at radius 1 is 1.35 bits per heavy atom. The Hall–Kier alpha value is -0.310. The van der Waals surface area contributed by atoms with Gasteiger partial charge >= 0.3 is 0 Å². The van der Waals surface area contributed by atoms with E-state index in [-0.39, 0.29) is 5.82 Å². The number of benzene rings is 1. The van der Waals surface area contributed by atoms with Crippen molar-refractivity contribution in [3.05, 3.63) is 34.6 Å². The summed E-state index contributed by atoms with van der Waals surface area (Å²) in [5.74, 6) is 0.423. The smallest absolute Gasteiger partial charge is 0.127 e. The van der Waals surface area contributed by atoms with Crippen LogP contribution in [0.25, 0.3) is 0 Å². The van der Waals surface area contributed by atoms with Gasteiger partial charge in [-0.15, -0.1) is 11.6 Å². The molecule has 0 aliphatic carbocycles. The molecular formula is C13H18Cl2FN. The van der Waals surface area contributed by atoms with Crippen LogP contribution in [0.15, 0.2) is 18.2 Å². The van der Waals surface area contributed by atoms with Gasteiger partial charge in [0.05, 0.1) is 0 Å². The normalized spacial score (nSPS) is 11.5. The van der Waals surface area contributed by atoms with Crippen LogP contribution >= 0.6 is 23.2 Å². The topological polar surface area (TPSA) is 3.24 Å². The Morgan fingerprint density at radius 2 is 2.06 bits per heavy atom. The quantitative estimate of drug-likeness (QED) is 0.700. The predicted molar refractivity (Wildman–Crippen MR) is 72.3 cm³/mol. The molecule has 96 valence electrons. The first kappa shape index (κ1) is 14.7. The van der Waals surface area contributed by atoms with E-state index in [0.29, 0.717) is 29.1 Å². The lowest BCUT2D eigenvalue weighted by atomic mass is 10.1. The second kappa shape index (κ2) is 7.20. The van der Waals surface area contributed by atoms with E-state index in [2.05, 4.69) is 18.7 Å². The summed E-state index contributed by atoms with van der Waals surface area (Å²) in [6, 6.07) is 5.03. The fourth-order valence-electron chi connectivity index (χ4n) is 1.67. The molecule has 0 unspecified atom stereocenters. The zero-order valence-corrected chi connectivity index (χ0v) is 11.7. The van der Waals surface area contributed by atoms with Crippen LogP contribution in [0.3, 0.4) is 0 Å². The molecule has 0 bridgehead atoms. The summed E-state index contributed by atoms with van der Waals surface area (Å²) in [5, 5.41) is 0.572. The monoisotopic (exact) mass is 277 g/mol. The summed E-state index contributed by atoms with van der Waals surface area (Å²) in [6.45, 7) is 5.63. The molecule has 0 saturated carbocycles. The highest BCUT2D eigenvalue weighted by Crippen LogP contribution is 2.18. The lowest BCUT2D eigenvalue weighted by Crippen LogP contribution is -2.31. The van der Waals surface area contributed by atoms with Crippen molar-refractivity contribution in [3.8, 4) is 0 Å². The maximum absolute atomic E-state index is 13.6. The Bertz CT molecular complexity index is 355. The van der Waals surface area contributed by atoms with E-state index in [1.54, 1.807) is 12.1 Å². The second-order valence-electron chi connectivity index (χ2n) is 4.34. The lowest BCUT2D eigenvalue weighted by Gasteiger charge is -2.26. The Balaban J connectivity index is 2.74. The molecule has 0 saturated heterocycles. The Kier molecular flexibility index (Phi) is 6.24. The van der Waals surface area contributed by atoms with Crippen LogP contribution in [0.4, 0.5) is 4.39 Å². The van der Waals surface area contributed by atoms with Crippen LogP contribution < -0.4 is 0 Å². The summed E-state index contributed by atoms with van der Waals surface area (Å²) in [7, 11) is 0. The van der Waals surface area contributed by atoms with Crippen LogP contribution in [0.1, 0.15) is 25.8 Å². The largest absolute Gasteiger partial charge is 0.297 e. The molecule has 0 heterocycles. The molecule has 0 amide bonds. The summed E-state index contributed by atoms with van der Waals surface area (Å²) < 4.78 is 13.6. The van der Waals surface area contributed by atoms with Crippen LogP contribution in [0, 0.1) is 5.82 Å². The second-order valence-corrected chi connectivity index (χ2v) is 5.16. The van der Waals surface area contributed by atoms with E-state index >= 15 is 0 Å². The number of alkyl halides is 1.